The van der Waals surface area contributed by atoms with Crippen LogP contribution in [0.3, 0.4) is 0 Å². The number of nitrogens with zero attached hydrogens (tertiary/aromatic N) is 1. The van der Waals surface area contributed by atoms with E-state index in [1.165, 1.54) is 32.2 Å². The molecule has 2 saturated heterocycles. The summed E-state index contributed by atoms with van der Waals surface area (Å²) in [7, 11) is 4.31. The molecular formula is C57H78Br2ClFN8O15. The Bertz CT molecular complexity index is 2780. The molecule has 0 aliphatic carbocycles. The molecule has 464 valence electrons. The fourth-order valence-electron chi connectivity index (χ4n) is 9.86. The predicted molar refractivity (Wildman–Crippen MR) is 318 cm³/mol. The van der Waals surface area contributed by atoms with E-state index in [-0.39, 0.29) is 72.4 Å². The van der Waals surface area contributed by atoms with Crippen molar-refractivity contribution < 1.29 is 76.3 Å². The van der Waals surface area contributed by atoms with Crippen molar-refractivity contribution in [1.29, 1.82) is 0 Å². The quantitative estimate of drug-likeness (QED) is 0.0176. The number of primary amides is 1. The number of halogens is 4. The zero-order valence-corrected chi connectivity index (χ0v) is 52.5. The van der Waals surface area contributed by atoms with Gasteiger partial charge in [0.2, 0.25) is 23.6 Å². The van der Waals surface area contributed by atoms with E-state index >= 15 is 4.39 Å². The standard InChI is InChI=1S/C57H78Br2ClFN8O15/c1-30(2)48(67-45(70)18-11-10-15-32(4)81-52(74)35(28-58)29-59)51(73)65-39(16-13-21-63-53(62)75)50(72)64-36-19-20-38(37(61)25-36)66-54(76)83-44-26-46(71)69(7)40-23-34(24-41(79-8)47(40)60)22-31(3)14-12-17-43(80-9)57(78)27-42(82-55(77)68-57)33(5)49-56(44,6)84-49/h12,14,17,19-20,23-25,30,32-33,35,39,42-44,48-49,78H,10-11,13,15-16,18,21-22,26-29H2,1-9H3,(H,64,72)(H,65,73)(H,66,76)(H,67,70)(H,68,77)(H3,62,63,75)/b17-12+,31-14+/t32?,33-,39+,42+,43-,44+,48+,49+,56+,57+/m1/s1. The summed E-state index contributed by atoms with van der Waals surface area (Å²) in [5.74, 6) is -4.94. The van der Waals surface area contributed by atoms with Crippen LogP contribution >= 0.6 is 43.5 Å². The molecule has 84 heavy (non-hydrogen) atoms. The van der Waals surface area contributed by atoms with Gasteiger partial charge in [-0.1, -0.05) is 88.0 Å². The maximum atomic E-state index is 16.0. The molecule has 3 aliphatic heterocycles. The number of amides is 8. The van der Waals surface area contributed by atoms with Crippen LogP contribution < -0.4 is 47.3 Å². The number of nitrogens with one attached hydrogen (secondary N) is 6. The molecule has 2 fully saturated rings. The Morgan fingerprint density at radius 2 is 1.71 bits per heavy atom. The molecule has 2 aromatic rings. The molecule has 0 aromatic heterocycles. The molecule has 8 amide bonds. The minimum absolute atomic E-state index is 0.0247. The lowest BCUT2D eigenvalue weighted by Gasteiger charge is -2.42. The molecule has 27 heteroatoms. The number of alkyl carbamates (subject to hydrolysis) is 1. The van der Waals surface area contributed by atoms with Crippen LogP contribution in [0, 0.1) is 23.6 Å². The largest absolute Gasteiger partial charge is 0.495 e. The number of unbranched alkanes of at least 4 members (excludes halogenated alkanes) is 1. The summed E-state index contributed by atoms with van der Waals surface area (Å²) in [6, 6.07) is 3.67. The number of ether oxygens (including phenoxy) is 6. The van der Waals surface area contributed by atoms with Gasteiger partial charge in [-0.25, -0.2) is 18.8 Å². The monoisotopic (exact) mass is 1330 g/mol. The van der Waals surface area contributed by atoms with E-state index in [0.717, 1.165) is 23.3 Å². The maximum absolute atomic E-state index is 16.0. The number of nitrogens with two attached hydrogens (primary N) is 1. The number of fused-ring (bicyclic) bond motifs is 5. The SMILES string of the molecule is COc1cc2cc(c1Cl)N(C)C(=O)C[C@H](OC(=O)Nc1ccc(NC(=O)[C@H](CCCNC(N)=O)NC(=O)[C@@H](NC(=O)CCCCC(C)OC(=O)C(CBr)CBr)C(C)C)cc1F)[C@]1(C)O[C@H]1[C@H](C)[C@@H]1C[C@@](O)(NC(=O)O1)[C@H](OC)/C=C/C=C(\C)C2. The summed E-state index contributed by atoms with van der Waals surface area (Å²) in [4.78, 5) is 107. The minimum Gasteiger partial charge on any atom is -0.495 e. The van der Waals surface area contributed by atoms with E-state index in [1.54, 1.807) is 58.9 Å². The number of allylic oxidation sites excluding steroid dienone is 3. The number of hydrogen-bond acceptors (Lipinski definition) is 15. The van der Waals surface area contributed by atoms with Crippen LogP contribution in [-0.4, -0.2) is 145 Å². The average Bonchev–Trinajstić information content (AvgIpc) is 1.69. The summed E-state index contributed by atoms with van der Waals surface area (Å²) < 4.78 is 50.7. The van der Waals surface area contributed by atoms with E-state index in [9.17, 15) is 43.5 Å². The second kappa shape index (κ2) is 31.4. The number of anilines is 3. The molecule has 0 spiro atoms. The van der Waals surface area contributed by atoms with Gasteiger partial charge in [-0.05, 0) is 101 Å². The highest BCUT2D eigenvalue weighted by molar-refractivity contribution is 9.09. The lowest BCUT2D eigenvalue weighted by atomic mass is 9.83. The minimum atomic E-state index is -1.93. The van der Waals surface area contributed by atoms with Crippen molar-refractivity contribution in [3.8, 4) is 5.75 Å². The summed E-state index contributed by atoms with van der Waals surface area (Å²) in [5, 5.41) is 28.2. The Labute approximate surface area is 510 Å². The number of alkyl halides is 2. The zero-order valence-electron chi connectivity index (χ0n) is 48.6. The van der Waals surface area contributed by atoms with Crippen molar-refractivity contribution in [2.45, 2.75) is 153 Å². The van der Waals surface area contributed by atoms with E-state index in [2.05, 4.69) is 63.8 Å². The van der Waals surface area contributed by atoms with Crippen molar-refractivity contribution in [3.05, 3.63) is 70.5 Å². The van der Waals surface area contributed by atoms with Gasteiger partial charge >= 0.3 is 24.2 Å². The number of benzene rings is 2. The van der Waals surface area contributed by atoms with Crippen LogP contribution in [-0.2, 0) is 54.1 Å². The molecule has 3 heterocycles. The van der Waals surface area contributed by atoms with E-state index in [4.69, 9.17) is 45.8 Å². The fourth-order valence-corrected chi connectivity index (χ4v) is 11.8. The topological polar surface area (TPSA) is 317 Å². The third-order valence-electron chi connectivity index (χ3n) is 14.8. The van der Waals surface area contributed by atoms with Gasteiger partial charge in [0.05, 0.1) is 43.0 Å². The summed E-state index contributed by atoms with van der Waals surface area (Å²) in [6.07, 6.45) is -0.115. The van der Waals surface area contributed by atoms with Gasteiger partial charge in [-0.2, -0.15) is 0 Å². The van der Waals surface area contributed by atoms with Crippen molar-refractivity contribution in [3.63, 3.8) is 0 Å². The Hall–Kier alpha value is -6.06. The number of methoxy groups -OCH3 is 2. The van der Waals surface area contributed by atoms with Crippen LogP contribution in [0.4, 0.5) is 35.8 Å². The molecule has 10 atom stereocenters. The van der Waals surface area contributed by atoms with E-state index in [1.807, 2.05) is 13.0 Å². The van der Waals surface area contributed by atoms with Crippen molar-refractivity contribution in [2.75, 3.05) is 54.0 Å². The predicted octanol–water partition coefficient (Wildman–Crippen LogP) is 7.42. The van der Waals surface area contributed by atoms with Crippen LogP contribution in [0.2, 0.25) is 5.02 Å². The number of aliphatic hydroxyl groups is 1. The molecule has 1 unspecified atom stereocenters. The number of carbonyl (C=O) groups is 8. The maximum Gasteiger partial charge on any atom is 0.412 e. The second-order valence-electron chi connectivity index (χ2n) is 21.8. The molecular weight excluding hydrogens is 1250 g/mol. The first kappa shape index (κ1) is 68.7. The van der Waals surface area contributed by atoms with Crippen molar-refractivity contribution in [2.24, 2.45) is 23.5 Å². The highest BCUT2D eigenvalue weighted by atomic mass is 79.9. The van der Waals surface area contributed by atoms with E-state index < -0.39 is 119 Å². The highest BCUT2D eigenvalue weighted by Gasteiger charge is 2.64. The number of hydrogen-bond donors (Lipinski definition) is 8. The molecule has 23 nitrogen and oxygen atoms in total. The third kappa shape index (κ3) is 19.0. The Morgan fingerprint density at radius 1 is 1.00 bits per heavy atom. The molecule has 0 radical (unpaired) electrons. The zero-order chi connectivity index (χ0) is 62.2. The molecule has 4 bridgehead atoms. The normalized spacial score (nSPS) is 24.5. The summed E-state index contributed by atoms with van der Waals surface area (Å²) >= 11 is 13.4. The Kier molecular flexibility index (Phi) is 25.7. The molecule has 5 rings (SSSR count). The molecule has 9 N–H and O–H groups in total. The molecule has 2 aromatic carbocycles. The van der Waals surface area contributed by atoms with Crippen molar-refractivity contribution in [1.82, 2.24) is 21.3 Å². The smallest absolute Gasteiger partial charge is 0.412 e. The Morgan fingerprint density at radius 3 is 2.36 bits per heavy atom. The van der Waals surface area contributed by atoms with Gasteiger partial charge in [0.25, 0.3) is 0 Å². The molecule has 3 aliphatic rings. The van der Waals surface area contributed by atoms with Crippen LogP contribution in [0.1, 0.15) is 98.5 Å². The average molecular weight is 1330 g/mol. The number of urea groups is 1. The third-order valence-corrected chi connectivity index (χ3v) is 16.8. The highest BCUT2D eigenvalue weighted by Crippen LogP contribution is 2.49. The lowest BCUT2D eigenvalue weighted by Crippen LogP contribution is -2.63. The van der Waals surface area contributed by atoms with Gasteiger partial charge in [0, 0.05) is 55.8 Å². The van der Waals surface area contributed by atoms with Gasteiger partial charge in [-0.15, -0.1) is 0 Å². The van der Waals surface area contributed by atoms with Crippen LogP contribution in [0.15, 0.2) is 54.1 Å². The lowest BCUT2D eigenvalue weighted by molar-refractivity contribution is -0.152. The van der Waals surface area contributed by atoms with Crippen LogP contribution in [0.5, 0.6) is 5.75 Å². The fraction of sp³-hybridized carbons (Fsp3) is 0.579. The second-order valence-corrected chi connectivity index (χ2v) is 23.5. The first-order valence-electron chi connectivity index (χ1n) is 27.6. The van der Waals surface area contributed by atoms with Gasteiger partial charge < -0.3 is 65.4 Å². The van der Waals surface area contributed by atoms with Gasteiger partial charge in [0.15, 0.2) is 5.72 Å². The number of epoxide rings is 1. The summed E-state index contributed by atoms with van der Waals surface area (Å²) in [5.41, 5.74) is 3.27. The molecule has 0 saturated carbocycles. The van der Waals surface area contributed by atoms with Gasteiger partial charge in [0.1, 0.15) is 52.6 Å². The van der Waals surface area contributed by atoms with Crippen LogP contribution in [0.25, 0.3) is 0 Å². The van der Waals surface area contributed by atoms with E-state index in [0.29, 0.717) is 36.3 Å². The number of carbonyl (C=O) groups excluding carboxylic acids is 8. The Balaban J connectivity index is 1.32. The number of rotatable bonds is 23. The summed E-state index contributed by atoms with van der Waals surface area (Å²) in [6.45, 7) is 10.4. The first-order valence-corrected chi connectivity index (χ1v) is 30.2. The first-order chi connectivity index (χ1) is 39.7. The van der Waals surface area contributed by atoms with Gasteiger partial charge in [-0.3, -0.25) is 34.6 Å². The van der Waals surface area contributed by atoms with Crippen molar-refractivity contribution >= 4 is 108 Å². The number of esters is 1.